The standard InChI is InChI=1S/C24H35NO4/c1-8-24(9-2,16(5)17(6)28-7)22-19-13-12-18(25(10-3)11-4)14-21(19)29-23(27)20(22)15-26/h12-17H,8-11H2,1-7H3. The van der Waals surface area contributed by atoms with Crippen molar-refractivity contribution in [2.75, 3.05) is 25.1 Å². The first-order valence-corrected chi connectivity index (χ1v) is 10.7. The Bertz CT molecular complexity index is 894. The van der Waals surface area contributed by atoms with Crippen molar-refractivity contribution in [3.05, 3.63) is 39.7 Å². The lowest BCUT2D eigenvalue weighted by molar-refractivity contribution is 0.0328. The summed E-state index contributed by atoms with van der Waals surface area (Å²) in [6.07, 6.45) is 2.21. The molecule has 2 atom stereocenters. The third-order valence-corrected chi connectivity index (χ3v) is 6.88. The van der Waals surface area contributed by atoms with Crippen molar-refractivity contribution >= 4 is 22.9 Å². The zero-order valence-electron chi connectivity index (χ0n) is 18.9. The molecule has 160 valence electrons. The van der Waals surface area contributed by atoms with E-state index in [1.54, 1.807) is 7.11 Å². The molecule has 1 aromatic heterocycles. The molecule has 0 N–H and O–H groups in total. The van der Waals surface area contributed by atoms with E-state index in [2.05, 4.69) is 39.5 Å². The lowest BCUT2D eigenvalue weighted by Crippen LogP contribution is -2.41. The van der Waals surface area contributed by atoms with Crippen molar-refractivity contribution in [2.45, 2.75) is 65.9 Å². The maximum Gasteiger partial charge on any atom is 0.347 e. The monoisotopic (exact) mass is 401 g/mol. The van der Waals surface area contributed by atoms with Crippen LogP contribution < -0.4 is 10.5 Å². The van der Waals surface area contributed by atoms with Gasteiger partial charge in [-0.25, -0.2) is 4.79 Å². The Morgan fingerprint density at radius 1 is 1.14 bits per heavy atom. The molecule has 2 rings (SSSR count). The Kier molecular flexibility index (Phi) is 7.64. The summed E-state index contributed by atoms with van der Waals surface area (Å²) in [7, 11) is 1.70. The van der Waals surface area contributed by atoms with Crippen LogP contribution in [0.2, 0.25) is 0 Å². The molecule has 0 aliphatic heterocycles. The lowest BCUT2D eigenvalue weighted by atomic mass is 9.64. The topological polar surface area (TPSA) is 59.8 Å². The molecule has 1 heterocycles. The van der Waals surface area contributed by atoms with Gasteiger partial charge in [0.1, 0.15) is 11.1 Å². The van der Waals surface area contributed by atoms with Crippen LogP contribution in [0.25, 0.3) is 11.0 Å². The quantitative estimate of drug-likeness (QED) is 0.405. The minimum atomic E-state index is -0.567. The highest BCUT2D eigenvalue weighted by molar-refractivity contribution is 5.91. The first kappa shape index (κ1) is 23.1. The van der Waals surface area contributed by atoms with Crippen molar-refractivity contribution in [1.29, 1.82) is 0 Å². The maximum absolute atomic E-state index is 12.8. The molecule has 0 aliphatic carbocycles. The number of carbonyl (C=O) groups is 1. The minimum absolute atomic E-state index is 0.0216. The summed E-state index contributed by atoms with van der Waals surface area (Å²) in [6.45, 7) is 14.3. The molecule has 0 spiro atoms. The van der Waals surface area contributed by atoms with Crippen LogP contribution in [0.4, 0.5) is 5.69 Å². The number of ether oxygens (including phenoxy) is 1. The summed E-state index contributed by atoms with van der Waals surface area (Å²) in [6, 6.07) is 5.97. The molecule has 0 aliphatic rings. The molecular weight excluding hydrogens is 366 g/mol. The lowest BCUT2D eigenvalue weighted by Gasteiger charge is -2.42. The van der Waals surface area contributed by atoms with E-state index in [9.17, 15) is 9.59 Å². The normalized spacial score (nSPS) is 14.0. The van der Waals surface area contributed by atoms with Crippen LogP contribution >= 0.6 is 0 Å². The average Bonchev–Trinajstić information content (AvgIpc) is 2.74. The van der Waals surface area contributed by atoms with Crippen LogP contribution in [0.1, 0.15) is 70.3 Å². The van der Waals surface area contributed by atoms with Crippen LogP contribution in [0, 0.1) is 5.92 Å². The van der Waals surface area contributed by atoms with Gasteiger partial charge in [0.25, 0.3) is 0 Å². The van der Waals surface area contributed by atoms with E-state index < -0.39 is 5.63 Å². The molecule has 1 aromatic carbocycles. The second kappa shape index (κ2) is 9.57. The number of carbonyl (C=O) groups excluding carboxylic acids is 1. The van der Waals surface area contributed by atoms with E-state index in [1.165, 1.54) is 0 Å². The van der Waals surface area contributed by atoms with Crippen molar-refractivity contribution in [1.82, 2.24) is 0 Å². The average molecular weight is 402 g/mol. The molecular formula is C24H35NO4. The fourth-order valence-electron chi connectivity index (χ4n) is 4.76. The molecule has 29 heavy (non-hydrogen) atoms. The summed E-state index contributed by atoms with van der Waals surface area (Å²) in [5.74, 6) is 0.105. The third-order valence-electron chi connectivity index (χ3n) is 6.88. The van der Waals surface area contributed by atoms with Gasteiger partial charge in [0.2, 0.25) is 0 Å². The highest BCUT2D eigenvalue weighted by atomic mass is 16.5. The fourth-order valence-corrected chi connectivity index (χ4v) is 4.76. The van der Waals surface area contributed by atoms with Gasteiger partial charge in [0.05, 0.1) is 6.10 Å². The first-order chi connectivity index (χ1) is 13.8. The molecule has 2 unspecified atom stereocenters. The Balaban J connectivity index is 2.91. The zero-order chi connectivity index (χ0) is 21.8. The molecule has 5 heteroatoms. The highest BCUT2D eigenvalue weighted by Crippen LogP contribution is 2.45. The number of nitrogens with zero attached hydrogens (tertiary/aromatic N) is 1. The Labute approximate surface area is 174 Å². The number of fused-ring (bicyclic) bond motifs is 1. The van der Waals surface area contributed by atoms with Crippen LogP contribution in [0.3, 0.4) is 0 Å². The van der Waals surface area contributed by atoms with Gasteiger partial charge in [-0.1, -0.05) is 20.8 Å². The summed E-state index contributed by atoms with van der Waals surface area (Å²) in [4.78, 5) is 27.0. The van der Waals surface area contributed by atoms with E-state index in [0.29, 0.717) is 11.9 Å². The summed E-state index contributed by atoms with van der Waals surface area (Å²) in [5.41, 5.74) is 1.52. The number of anilines is 1. The van der Waals surface area contributed by atoms with Crippen molar-refractivity contribution < 1.29 is 13.9 Å². The predicted molar refractivity (Wildman–Crippen MR) is 119 cm³/mol. The predicted octanol–water partition coefficient (Wildman–Crippen LogP) is 5.18. The van der Waals surface area contributed by atoms with Gasteiger partial charge >= 0.3 is 5.63 Å². The third kappa shape index (κ3) is 3.97. The fraction of sp³-hybridized carbons (Fsp3) is 0.583. The van der Waals surface area contributed by atoms with Gasteiger partial charge in [-0.05, 0) is 57.2 Å². The maximum atomic E-state index is 12.8. The molecule has 0 bridgehead atoms. The van der Waals surface area contributed by atoms with E-state index >= 15 is 0 Å². The number of hydrogen-bond donors (Lipinski definition) is 0. The molecule has 0 saturated carbocycles. The molecule has 5 nitrogen and oxygen atoms in total. The summed E-state index contributed by atoms with van der Waals surface area (Å²) < 4.78 is 11.3. The number of aldehydes is 1. The van der Waals surface area contributed by atoms with Crippen LogP contribution in [-0.4, -0.2) is 32.6 Å². The molecule has 2 aromatic rings. The summed E-state index contributed by atoms with van der Waals surface area (Å²) in [5, 5.41) is 0.835. The van der Waals surface area contributed by atoms with Crippen molar-refractivity contribution in [3.8, 4) is 0 Å². The highest BCUT2D eigenvalue weighted by Gasteiger charge is 2.41. The van der Waals surface area contributed by atoms with E-state index in [-0.39, 0.29) is 23.0 Å². The Morgan fingerprint density at radius 2 is 1.76 bits per heavy atom. The molecule has 0 amide bonds. The smallest absolute Gasteiger partial charge is 0.347 e. The second-order valence-electron chi connectivity index (χ2n) is 7.74. The van der Waals surface area contributed by atoms with Gasteiger partial charge < -0.3 is 14.1 Å². The van der Waals surface area contributed by atoms with Crippen LogP contribution in [0.15, 0.2) is 27.4 Å². The molecule has 0 fully saturated rings. The van der Waals surface area contributed by atoms with Crippen LogP contribution in [-0.2, 0) is 10.2 Å². The van der Waals surface area contributed by atoms with Crippen molar-refractivity contribution in [2.24, 2.45) is 5.92 Å². The van der Waals surface area contributed by atoms with E-state index in [4.69, 9.17) is 9.15 Å². The SMILES string of the molecule is CCN(CC)c1ccc2c(C(CC)(CC)C(C)C(C)OC)c(C=O)c(=O)oc2c1. The number of methoxy groups -OCH3 is 1. The van der Waals surface area contributed by atoms with Gasteiger partial charge in [-0.3, -0.25) is 4.79 Å². The van der Waals surface area contributed by atoms with E-state index in [1.807, 2.05) is 25.1 Å². The van der Waals surface area contributed by atoms with E-state index in [0.717, 1.165) is 42.6 Å². The number of rotatable bonds is 10. The second-order valence-corrected chi connectivity index (χ2v) is 7.74. The van der Waals surface area contributed by atoms with Gasteiger partial charge in [-0.15, -0.1) is 0 Å². The van der Waals surface area contributed by atoms with Gasteiger partial charge in [0, 0.05) is 42.8 Å². The Morgan fingerprint density at radius 3 is 2.24 bits per heavy atom. The Hall–Kier alpha value is -2.14. The zero-order valence-corrected chi connectivity index (χ0v) is 18.9. The largest absolute Gasteiger partial charge is 0.422 e. The molecule has 0 saturated heterocycles. The number of hydrogen-bond acceptors (Lipinski definition) is 5. The molecule has 0 radical (unpaired) electrons. The van der Waals surface area contributed by atoms with Gasteiger partial charge in [-0.2, -0.15) is 0 Å². The van der Waals surface area contributed by atoms with Crippen molar-refractivity contribution in [3.63, 3.8) is 0 Å². The number of benzene rings is 1. The first-order valence-electron chi connectivity index (χ1n) is 10.7. The summed E-state index contributed by atoms with van der Waals surface area (Å²) >= 11 is 0. The van der Waals surface area contributed by atoms with Gasteiger partial charge in [0.15, 0.2) is 6.29 Å². The van der Waals surface area contributed by atoms with Crippen LogP contribution in [0.5, 0.6) is 0 Å². The minimum Gasteiger partial charge on any atom is -0.422 e.